The third kappa shape index (κ3) is 5.23. The molecule has 0 N–H and O–H groups in total. The Morgan fingerprint density at radius 1 is 0.741 bits per heavy atom. The molecule has 3 aromatic rings. The molecule has 1 aromatic heterocycles. The third-order valence-corrected chi connectivity index (χ3v) is 7.44. The summed E-state index contributed by atoms with van der Waals surface area (Å²) >= 11 is 0. The van der Waals surface area contributed by atoms with Crippen LogP contribution in [0.25, 0.3) is 0 Å². The molecule has 2 aromatic carbocycles. The van der Waals surface area contributed by atoms with Gasteiger partial charge in [-0.15, -0.1) is 0 Å². The second-order valence-corrected chi connectivity index (χ2v) is 9.22. The lowest BCUT2D eigenvalue weighted by Crippen LogP contribution is -2.34. The van der Waals surface area contributed by atoms with Gasteiger partial charge in [-0.2, -0.15) is 0 Å². The summed E-state index contributed by atoms with van der Waals surface area (Å²) in [5, 5.41) is 2.76. The van der Waals surface area contributed by atoms with E-state index in [0.29, 0.717) is 0 Å². The van der Waals surface area contributed by atoms with Crippen molar-refractivity contribution in [3.05, 3.63) is 90.8 Å². The van der Waals surface area contributed by atoms with Crippen molar-refractivity contribution < 1.29 is 0 Å². The average molecular weight is 377 g/mol. The highest BCUT2D eigenvalue weighted by Gasteiger charge is 2.30. The summed E-state index contributed by atoms with van der Waals surface area (Å²) in [5.74, 6) is 0.228. The molecule has 3 rings (SSSR count). The van der Waals surface area contributed by atoms with Crippen LogP contribution in [-0.2, 0) is 0 Å². The van der Waals surface area contributed by atoms with Crippen molar-refractivity contribution in [2.24, 2.45) is 0 Å². The molecule has 1 unspecified atom stereocenters. The SMILES string of the molecule is CN(C)CCN(C)C(c1ccccn1)P(c1ccccc1)c1ccccc1. The molecular weight excluding hydrogens is 349 g/mol. The molecule has 27 heavy (non-hydrogen) atoms. The molecule has 0 fully saturated rings. The van der Waals surface area contributed by atoms with Crippen molar-refractivity contribution in [2.45, 2.75) is 5.78 Å². The first-order valence-electron chi connectivity index (χ1n) is 9.32. The van der Waals surface area contributed by atoms with Gasteiger partial charge in [0, 0.05) is 19.3 Å². The smallest absolute Gasteiger partial charge is 0.0802 e. The van der Waals surface area contributed by atoms with Gasteiger partial charge in [-0.1, -0.05) is 66.7 Å². The Morgan fingerprint density at radius 2 is 1.30 bits per heavy atom. The summed E-state index contributed by atoms with van der Waals surface area (Å²) in [6.45, 7) is 2.01. The Hall–Kier alpha value is -2.06. The van der Waals surface area contributed by atoms with Gasteiger partial charge in [0.05, 0.1) is 11.5 Å². The van der Waals surface area contributed by atoms with Crippen LogP contribution < -0.4 is 10.6 Å². The lowest BCUT2D eigenvalue weighted by molar-refractivity contribution is 0.266. The standard InChI is InChI=1S/C23H28N3P/c1-25(2)18-19-26(3)23(22-16-10-11-17-24-22)27(20-12-6-4-7-13-20)21-14-8-5-9-15-21/h4-17,23H,18-19H2,1-3H3. The average Bonchev–Trinajstić information content (AvgIpc) is 2.72. The number of likely N-dealkylation sites (N-methyl/N-ethyl adjacent to an activating group) is 2. The van der Waals surface area contributed by atoms with Gasteiger partial charge in [-0.3, -0.25) is 9.88 Å². The molecule has 0 aliphatic carbocycles. The van der Waals surface area contributed by atoms with E-state index in [1.807, 2.05) is 12.3 Å². The van der Waals surface area contributed by atoms with Crippen LogP contribution >= 0.6 is 7.92 Å². The van der Waals surface area contributed by atoms with Crippen molar-refractivity contribution in [2.75, 3.05) is 34.2 Å². The molecule has 140 valence electrons. The van der Waals surface area contributed by atoms with E-state index in [0.717, 1.165) is 18.8 Å². The highest BCUT2D eigenvalue weighted by molar-refractivity contribution is 7.73. The summed E-state index contributed by atoms with van der Waals surface area (Å²) in [6.07, 6.45) is 1.91. The van der Waals surface area contributed by atoms with Gasteiger partial charge in [0.2, 0.25) is 0 Å². The van der Waals surface area contributed by atoms with Crippen LogP contribution in [0.5, 0.6) is 0 Å². The van der Waals surface area contributed by atoms with Crippen molar-refractivity contribution in [1.29, 1.82) is 0 Å². The van der Waals surface area contributed by atoms with Gasteiger partial charge in [0.25, 0.3) is 0 Å². The third-order valence-electron chi connectivity index (χ3n) is 4.58. The second-order valence-electron chi connectivity index (χ2n) is 6.95. The van der Waals surface area contributed by atoms with E-state index >= 15 is 0 Å². The number of hydrogen-bond acceptors (Lipinski definition) is 3. The number of nitrogens with zero attached hydrogens (tertiary/aromatic N) is 3. The number of benzene rings is 2. The first kappa shape index (κ1) is 19.7. The molecule has 0 amide bonds. The van der Waals surface area contributed by atoms with Gasteiger partial charge in [-0.05, 0) is 51.8 Å². The molecule has 0 aliphatic heterocycles. The minimum atomic E-state index is -0.616. The molecular formula is C23H28N3P. The maximum absolute atomic E-state index is 4.76. The Bertz CT molecular complexity index is 754. The number of hydrogen-bond donors (Lipinski definition) is 0. The predicted octanol–water partition coefficient (Wildman–Crippen LogP) is 3.71. The van der Waals surface area contributed by atoms with Crippen molar-refractivity contribution in [3.63, 3.8) is 0 Å². The quantitative estimate of drug-likeness (QED) is 0.558. The van der Waals surface area contributed by atoms with Crippen LogP contribution in [-0.4, -0.2) is 49.0 Å². The van der Waals surface area contributed by atoms with E-state index in [4.69, 9.17) is 4.98 Å². The van der Waals surface area contributed by atoms with Gasteiger partial charge in [0.1, 0.15) is 0 Å². The zero-order valence-corrected chi connectivity index (χ0v) is 17.3. The number of rotatable bonds is 8. The fraction of sp³-hybridized carbons (Fsp3) is 0.261. The minimum absolute atomic E-state index is 0.228. The minimum Gasteiger partial charge on any atom is -0.308 e. The fourth-order valence-electron chi connectivity index (χ4n) is 3.17. The van der Waals surface area contributed by atoms with Crippen LogP contribution in [0.1, 0.15) is 11.5 Å². The first-order valence-corrected chi connectivity index (χ1v) is 10.7. The van der Waals surface area contributed by atoms with E-state index < -0.39 is 7.92 Å². The molecule has 1 atom stereocenters. The van der Waals surface area contributed by atoms with Crippen molar-refractivity contribution in [1.82, 2.24) is 14.8 Å². The molecule has 0 aliphatic rings. The zero-order valence-electron chi connectivity index (χ0n) is 16.4. The monoisotopic (exact) mass is 377 g/mol. The van der Waals surface area contributed by atoms with Gasteiger partial charge >= 0.3 is 0 Å². The van der Waals surface area contributed by atoms with Crippen molar-refractivity contribution >= 4 is 18.5 Å². The Labute approximate surface area is 164 Å². The first-order chi connectivity index (χ1) is 13.2. The largest absolute Gasteiger partial charge is 0.308 e. The van der Waals surface area contributed by atoms with Crippen LogP contribution in [0.3, 0.4) is 0 Å². The maximum Gasteiger partial charge on any atom is 0.0802 e. The summed E-state index contributed by atoms with van der Waals surface area (Å²) in [6, 6.07) is 28.0. The maximum atomic E-state index is 4.76. The molecule has 0 bridgehead atoms. The molecule has 0 saturated carbocycles. The number of pyridine rings is 1. The molecule has 0 saturated heterocycles. The number of aromatic nitrogens is 1. The predicted molar refractivity (Wildman–Crippen MR) is 117 cm³/mol. The van der Waals surface area contributed by atoms with Gasteiger partial charge in [0.15, 0.2) is 0 Å². The van der Waals surface area contributed by atoms with Crippen molar-refractivity contribution in [3.8, 4) is 0 Å². The topological polar surface area (TPSA) is 19.4 Å². The molecule has 0 spiro atoms. The Kier molecular flexibility index (Phi) is 7.11. The molecule has 0 radical (unpaired) electrons. The van der Waals surface area contributed by atoms with Gasteiger partial charge in [-0.25, -0.2) is 0 Å². The highest BCUT2D eigenvalue weighted by Crippen LogP contribution is 2.50. The Morgan fingerprint density at radius 3 is 1.78 bits per heavy atom. The second kappa shape index (κ2) is 9.75. The van der Waals surface area contributed by atoms with E-state index in [1.54, 1.807) is 0 Å². The Balaban J connectivity index is 2.07. The van der Waals surface area contributed by atoms with Crippen LogP contribution in [0.4, 0.5) is 0 Å². The van der Waals surface area contributed by atoms with E-state index in [9.17, 15) is 0 Å². The van der Waals surface area contributed by atoms with E-state index in [1.165, 1.54) is 10.6 Å². The van der Waals surface area contributed by atoms with E-state index in [-0.39, 0.29) is 5.78 Å². The summed E-state index contributed by atoms with van der Waals surface area (Å²) in [5.41, 5.74) is 1.14. The van der Waals surface area contributed by atoms with Crippen LogP contribution in [0.2, 0.25) is 0 Å². The normalized spacial score (nSPS) is 12.7. The zero-order chi connectivity index (χ0) is 19.1. The van der Waals surface area contributed by atoms with Gasteiger partial charge < -0.3 is 4.90 Å². The highest BCUT2D eigenvalue weighted by atomic mass is 31.1. The van der Waals surface area contributed by atoms with E-state index in [2.05, 4.69) is 104 Å². The summed E-state index contributed by atoms with van der Waals surface area (Å²) < 4.78 is 0. The lowest BCUT2D eigenvalue weighted by Gasteiger charge is -2.35. The lowest BCUT2D eigenvalue weighted by atomic mass is 10.3. The fourth-order valence-corrected chi connectivity index (χ4v) is 5.95. The molecule has 3 nitrogen and oxygen atoms in total. The summed E-state index contributed by atoms with van der Waals surface area (Å²) in [7, 11) is 5.86. The van der Waals surface area contributed by atoms with Crippen LogP contribution in [0, 0.1) is 0 Å². The molecule has 4 heteroatoms. The van der Waals surface area contributed by atoms with Crippen LogP contribution in [0.15, 0.2) is 85.1 Å². The summed E-state index contributed by atoms with van der Waals surface area (Å²) in [4.78, 5) is 9.46. The molecule has 1 heterocycles.